The largest absolute Gasteiger partial charge is 0.493 e. The van der Waals surface area contributed by atoms with Gasteiger partial charge in [0.25, 0.3) is 0 Å². The average Bonchev–Trinajstić information content (AvgIpc) is 3.23. The maximum absolute atomic E-state index is 12.5. The van der Waals surface area contributed by atoms with Gasteiger partial charge in [-0.25, -0.2) is 9.78 Å². The van der Waals surface area contributed by atoms with Gasteiger partial charge in [0.05, 0.1) is 23.7 Å². The van der Waals surface area contributed by atoms with Crippen molar-refractivity contribution in [3.8, 4) is 22.6 Å². The number of thiazole rings is 1. The molecule has 0 saturated carbocycles. The van der Waals surface area contributed by atoms with Gasteiger partial charge in [-0.05, 0) is 41.0 Å². The van der Waals surface area contributed by atoms with Crippen LogP contribution >= 0.6 is 11.3 Å². The summed E-state index contributed by atoms with van der Waals surface area (Å²) in [7, 11) is 1.48. The summed E-state index contributed by atoms with van der Waals surface area (Å²) in [5.74, 6) is -0.494. The molecule has 0 atom stereocenters. The van der Waals surface area contributed by atoms with Gasteiger partial charge in [0, 0.05) is 6.54 Å². The van der Waals surface area contributed by atoms with E-state index in [1.807, 2.05) is 30.3 Å². The number of amides is 1. The van der Waals surface area contributed by atoms with Crippen LogP contribution in [0.2, 0.25) is 0 Å². The Balaban J connectivity index is 1.39. The van der Waals surface area contributed by atoms with Gasteiger partial charge < -0.3 is 19.9 Å². The van der Waals surface area contributed by atoms with Crippen LogP contribution in [0.4, 0.5) is 0 Å². The number of fused-ring (bicyclic) bond motifs is 1. The van der Waals surface area contributed by atoms with Crippen LogP contribution in [0.25, 0.3) is 21.3 Å². The average molecular weight is 463 g/mol. The van der Waals surface area contributed by atoms with Crippen molar-refractivity contribution < 1.29 is 24.2 Å². The van der Waals surface area contributed by atoms with Crippen LogP contribution in [0.15, 0.2) is 66.7 Å². The second kappa shape index (κ2) is 10.1. The van der Waals surface area contributed by atoms with E-state index in [0.29, 0.717) is 11.5 Å². The van der Waals surface area contributed by atoms with Gasteiger partial charge in [-0.1, -0.05) is 42.5 Å². The molecule has 1 aromatic heterocycles. The van der Waals surface area contributed by atoms with E-state index in [0.717, 1.165) is 31.9 Å². The SMILES string of the molecule is COc1ccc(CNC(=O)Cc2nc3ccc(-c4ccccc4)cc3s2)cc1OCC(=O)O. The number of carbonyl (C=O) groups is 2. The fourth-order valence-electron chi connectivity index (χ4n) is 3.34. The van der Waals surface area contributed by atoms with Crippen molar-refractivity contribution in [3.63, 3.8) is 0 Å². The number of carbonyl (C=O) groups excluding carboxylic acids is 1. The minimum Gasteiger partial charge on any atom is -0.493 e. The van der Waals surface area contributed by atoms with Crippen LogP contribution in [0.3, 0.4) is 0 Å². The summed E-state index contributed by atoms with van der Waals surface area (Å²) in [6.07, 6.45) is 0.179. The number of aliphatic carboxylic acids is 1. The highest BCUT2D eigenvalue weighted by molar-refractivity contribution is 7.18. The summed E-state index contributed by atoms with van der Waals surface area (Å²) >= 11 is 1.51. The van der Waals surface area contributed by atoms with E-state index < -0.39 is 12.6 Å². The van der Waals surface area contributed by atoms with Gasteiger partial charge in [-0.3, -0.25) is 4.79 Å². The highest BCUT2D eigenvalue weighted by Gasteiger charge is 2.12. The molecule has 0 fully saturated rings. The highest BCUT2D eigenvalue weighted by atomic mass is 32.1. The molecule has 0 saturated heterocycles. The number of methoxy groups -OCH3 is 1. The molecular formula is C25H22N2O5S. The molecule has 0 unspecified atom stereocenters. The number of carboxylic acids is 1. The Morgan fingerprint density at radius 3 is 2.58 bits per heavy atom. The summed E-state index contributed by atoms with van der Waals surface area (Å²) in [6, 6.07) is 21.4. The van der Waals surface area contributed by atoms with Crippen molar-refractivity contribution >= 4 is 33.4 Å². The van der Waals surface area contributed by atoms with Gasteiger partial charge in [0.2, 0.25) is 5.91 Å². The first-order chi connectivity index (χ1) is 16.0. The second-order valence-electron chi connectivity index (χ2n) is 7.28. The van der Waals surface area contributed by atoms with Crippen LogP contribution in [0.1, 0.15) is 10.6 Å². The quantitative estimate of drug-likeness (QED) is 0.385. The molecule has 8 heteroatoms. The molecule has 0 radical (unpaired) electrons. The van der Waals surface area contributed by atoms with Crippen molar-refractivity contribution in [2.24, 2.45) is 0 Å². The lowest BCUT2D eigenvalue weighted by molar-refractivity contribution is -0.139. The van der Waals surface area contributed by atoms with E-state index in [4.69, 9.17) is 14.6 Å². The predicted molar refractivity (Wildman–Crippen MR) is 127 cm³/mol. The molecule has 0 spiro atoms. The minimum atomic E-state index is -1.08. The molecule has 0 aliphatic rings. The molecule has 4 aromatic rings. The zero-order chi connectivity index (χ0) is 23.2. The Morgan fingerprint density at radius 1 is 1.00 bits per heavy atom. The smallest absolute Gasteiger partial charge is 0.341 e. The van der Waals surface area contributed by atoms with Crippen molar-refractivity contribution in [2.75, 3.05) is 13.7 Å². The summed E-state index contributed by atoms with van der Waals surface area (Å²) in [4.78, 5) is 27.9. The van der Waals surface area contributed by atoms with Crippen LogP contribution in [0, 0.1) is 0 Å². The normalized spacial score (nSPS) is 10.7. The summed E-state index contributed by atoms with van der Waals surface area (Å²) < 4.78 is 11.5. The lowest BCUT2D eigenvalue weighted by Gasteiger charge is -2.11. The molecule has 0 aliphatic carbocycles. The number of aromatic nitrogens is 1. The second-order valence-corrected chi connectivity index (χ2v) is 8.39. The standard InChI is InChI=1S/C25H22N2O5S/c1-31-20-10-7-16(11-21(20)32-15-25(29)30)14-26-23(28)13-24-27-19-9-8-18(12-22(19)33-24)17-5-3-2-4-6-17/h2-12H,13-15H2,1H3,(H,26,28)(H,29,30). The predicted octanol–water partition coefficient (Wildman–Crippen LogP) is 4.29. The molecule has 2 N–H and O–H groups in total. The van der Waals surface area contributed by atoms with E-state index in [1.165, 1.54) is 18.4 Å². The molecule has 0 aliphatic heterocycles. The van der Waals surface area contributed by atoms with Crippen molar-refractivity contribution in [2.45, 2.75) is 13.0 Å². The zero-order valence-corrected chi connectivity index (χ0v) is 18.7. The van der Waals surface area contributed by atoms with Crippen LogP contribution in [-0.4, -0.2) is 35.7 Å². The maximum Gasteiger partial charge on any atom is 0.341 e. The number of ether oxygens (including phenoxy) is 2. The van der Waals surface area contributed by atoms with E-state index in [2.05, 4.69) is 28.5 Å². The molecule has 1 heterocycles. The first-order valence-corrected chi connectivity index (χ1v) is 11.1. The summed E-state index contributed by atoms with van der Waals surface area (Å²) in [5, 5.41) is 12.4. The number of benzene rings is 3. The lowest BCUT2D eigenvalue weighted by atomic mass is 10.1. The van der Waals surface area contributed by atoms with E-state index in [1.54, 1.807) is 18.2 Å². The molecule has 168 valence electrons. The highest BCUT2D eigenvalue weighted by Crippen LogP contribution is 2.29. The van der Waals surface area contributed by atoms with Crippen LogP contribution < -0.4 is 14.8 Å². The van der Waals surface area contributed by atoms with Crippen LogP contribution in [-0.2, 0) is 22.6 Å². The number of nitrogens with zero attached hydrogens (tertiary/aromatic N) is 1. The fraction of sp³-hybridized carbons (Fsp3) is 0.160. The number of rotatable bonds is 9. The van der Waals surface area contributed by atoms with E-state index in [9.17, 15) is 9.59 Å². The third-order valence-corrected chi connectivity index (χ3v) is 5.94. The molecular weight excluding hydrogens is 440 g/mol. The number of carboxylic acid groups (broad SMARTS) is 1. The van der Waals surface area contributed by atoms with Crippen LogP contribution in [0.5, 0.6) is 11.5 Å². The summed E-state index contributed by atoms with van der Waals surface area (Å²) in [5.41, 5.74) is 3.89. The number of hydrogen-bond donors (Lipinski definition) is 2. The number of nitrogens with one attached hydrogen (secondary N) is 1. The first kappa shape index (κ1) is 22.3. The van der Waals surface area contributed by atoms with Crippen molar-refractivity contribution in [3.05, 3.63) is 77.3 Å². The Kier molecular flexibility index (Phi) is 6.85. The molecule has 4 rings (SSSR count). The summed E-state index contributed by atoms with van der Waals surface area (Å²) in [6.45, 7) is -0.203. The van der Waals surface area contributed by atoms with E-state index >= 15 is 0 Å². The van der Waals surface area contributed by atoms with Gasteiger partial charge in [-0.15, -0.1) is 11.3 Å². The van der Waals surface area contributed by atoms with Gasteiger partial charge in [0.1, 0.15) is 5.01 Å². The molecule has 0 bridgehead atoms. The fourth-order valence-corrected chi connectivity index (χ4v) is 4.35. The lowest BCUT2D eigenvalue weighted by Crippen LogP contribution is -2.24. The maximum atomic E-state index is 12.5. The van der Waals surface area contributed by atoms with Gasteiger partial charge in [0.15, 0.2) is 18.1 Å². The minimum absolute atomic E-state index is 0.152. The monoisotopic (exact) mass is 462 g/mol. The third-order valence-electron chi connectivity index (χ3n) is 4.92. The Morgan fingerprint density at radius 2 is 1.82 bits per heavy atom. The Labute approximate surface area is 194 Å². The van der Waals surface area contributed by atoms with Gasteiger partial charge in [-0.2, -0.15) is 0 Å². The topological polar surface area (TPSA) is 97.8 Å². The molecule has 3 aromatic carbocycles. The molecule has 7 nitrogen and oxygen atoms in total. The molecule has 1 amide bonds. The third kappa shape index (κ3) is 5.67. The van der Waals surface area contributed by atoms with E-state index in [-0.39, 0.29) is 18.9 Å². The molecule has 33 heavy (non-hydrogen) atoms. The van der Waals surface area contributed by atoms with Crippen molar-refractivity contribution in [1.82, 2.24) is 10.3 Å². The number of hydrogen-bond acceptors (Lipinski definition) is 6. The Bertz CT molecular complexity index is 1290. The first-order valence-electron chi connectivity index (χ1n) is 10.2. The Hall–Kier alpha value is -3.91. The zero-order valence-electron chi connectivity index (χ0n) is 17.9. The van der Waals surface area contributed by atoms with Gasteiger partial charge >= 0.3 is 5.97 Å². The van der Waals surface area contributed by atoms with Crippen molar-refractivity contribution in [1.29, 1.82) is 0 Å².